The van der Waals surface area contributed by atoms with Gasteiger partial charge in [-0.25, -0.2) is 4.98 Å². The van der Waals surface area contributed by atoms with Gasteiger partial charge in [-0.2, -0.15) is 0 Å². The second-order valence-electron chi connectivity index (χ2n) is 5.47. The van der Waals surface area contributed by atoms with Gasteiger partial charge in [-0.15, -0.1) is 11.3 Å². The average Bonchev–Trinajstić information content (AvgIpc) is 2.88. The minimum atomic E-state index is 0.748. The van der Waals surface area contributed by atoms with Crippen molar-refractivity contribution in [3.05, 3.63) is 16.1 Å². The fourth-order valence-corrected chi connectivity index (χ4v) is 3.86. The Hall–Kier alpha value is -0.410. The van der Waals surface area contributed by atoms with Crippen LogP contribution in [-0.4, -0.2) is 11.5 Å². The summed E-state index contributed by atoms with van der Waals surface area (Å²) in [5.41, 5.74) is 0. The summed E-state index contributed by atoms with van der Waals surface area (Å²) >= 11 is 1.93. The lowest BCUT2D eigenvalue weighted by Gasteiger charge is -2.26. The van der Waals surface area contributed by atoms with Crippen molar-refractivity contribution in [1.29, 1.82) is 0 Å². The smallest absolute Gasteiger partial charge is 0.0959 e. The highest BCUT2D eigenvalue weighted by Crippen LogP contribution is 2.38. The maximum Gasteiger partial charge on any atom is 0.0959 e. The van der Waals surface area contributed by atoms with E-state index >= 15 is 0 Å². The Labute approximate surface area is 115 Å². The molecule has 1 aromatic heterocycles. The second kappa shape index (κ2) is 7.25. The topological polar surface area (TPSA) is 24.9 Å². The van der Waals surface area contributed by atoms with E-state index in [0.29, 0.717) is 0 Å². The van der Waals surface area contributed by atoms with E-state index in [4.69, 9.17) is 0 Å². The molecular formula is C15H26N2S. The third-order valence-electron chi connectivity index (χ3n) is 4.07. The van der Waals surface area contributed by atoms with Gasteiger partial charge < -0.3 is 5.32 Å². The molecule has 0 amide bonds. The molecule has 3 heteroatoms. The van der Waals surface area contributed by atoms with Crippen LogP contribution in [0.4, 0.5) is 0 Å². The molecule has 1 saturated carbocycles. The van der Waals surface area contributed by atoms with Crippen LogP contribution in [0.3, 0.4) is 0 Å². The molecule has 18 heavy (non-hydrogen) atoms. The quantitative estimate of drug-likeness (QED) is 0.775. The Morgan fingerprint density at radius 1 is 1.28 bits per heavy atom. The van der Waals surface area contributed by atoms with Crippen molar-refractivity contribution in [3.8, 4) is 0 Å². The largest absolute Gasteiger partial charge is 0.312 e. The molecule has 0 bridgehead atoms. The Morgan fingerprint density at radius 3 is 2.72 bits per heavy atom. The fraction of sp³-hybridized carbons (Fsp3) is 0.800. The first-order valence-corrected chi connectivity index (χ1v) is 8.30. The zero-order valence-corrected chi connectivity index (χ0v) is 12.6. The second-order valence-corrected chi connectivity index (χ2v) is 6.61. The lowest BCUT2D eigenvalue weighted by Crippen LogP contribution is -2.13. The summed E-state index contributed by atoms with van der Waals surface area (Å²) in [5.74, 6) is 1.73. The number of aromatic nitrogens is 1. The molecular weight excluding hydrogens is 240 g/mol. The SMILES string of the molecule is CCCNCc1cnc(C2CCC(CC)CC2)s1. The Balaban J connectivity index is 1.82. The van der Waals surface area contributed by atoms with E-state index in [2.05, 4.69) is 30.3 Å². The molecule has 0 aliphatic heterocycles. The number of hydrogen-bond donors (Lipinski definition) is 1. The number of nitrogens with zero attached hydrogens (tertiary/aromatic N) is 1. The fourth-order valence-electron chi connectivity index (χ4n) is 2.80. The zero-order valence-electron chi connectivity index (χ0n) is 11.7. The first-order chi connectivity index (χ1) is 8.83. The lowest BCUT2D eigenvalue weighted by molar-refractivity contribution is 0.318. The molecule has 1 heterocycles. The van der Waals surface area contributed by atoms with Crippen LogP contribution in [0, 0.1) is 5.92 Å². The minimum Gasteiger partial charge on any atom is -0.312 e. The molecule has 1 fully saturated rings. The number of nitrogens with one attached hydrogen (secondary N) is 1. The summed E-state index contributed by atoms with van der Waals surface area (Å²) < 4.78 is 0. The van der Waals surface area contributed by atoms with Gasteiger partial charge in [0.05, 0.1) is 5.01 Å². The number of rotatable bonds is 6. The predicted octanol–water partition coefficient (Wildman–Crippen LogP) is 4.33. The van der Waals surface area contributed by atoms with Crippen molar-refractivity contribution in [2.24, 2.45) is 5.92 Å². The molecule has 0 unspecified atom stereocenters. The molecule has 1 N–H and O–H groups in total. The monoisotopic (exact) mass is 266 g/mol. The van der Waals surface area contributed by atoms with Crippen molar-refractivity contribution in [2.45, 2.75) is 64.8 Å². The lowest BCUT2D eigenvalue weighted by atomic mass is 9.81. The molecule has 0 aromatic carbocycles. The van der Waals surface area contributed by atoms with Crippen LogP contribution in [0.5, 0.6) is 0 Å². The highest BCUT2D eigenvalue weighted by Gasteiger charge is 2.23. The summed E-state index contributed by atoms with van der Waals surface area (Å²) in [5, 5.41) is 4.84. The molecule has 0 radical (unpaired) electrons. The van der Waals surface area contributed by atoms with Crippen LogP contribution in [0.15, 0.2) is 6.20 Å². The summed E-state index contributed by atoms with van der Waals surface area (Å²) in [6, 6.07) is 0. The predicted molar refractivity (Wildman–Crippen MR) is 79.1 cm³/mol. The van der Waals surface area contributed by atoms with Gasteiger partial charge in [-0.3, -0.25) is 0 Å². The summed E-state index contributed by atoms with van der Waals surface area (Å²) in [7, 11) is 0. The maximum atomic E-state index is 4.65. The molecule has 0 atom stereocenters. The van der Waals surface area contributed by atoms with Crippen LogP contribution in [-0.2, 0) is 6.54 Å². The third-order valence-corrected chi connectivity index (χ3v) is 5.23. The van der Waals surface area contributed by atoms with Gasteiger partial charge >= 0.3 is 0 Å². The summed E-state index contributed by atoms with van der Waals surface area (Å²) in [4.78, 5) is 6.05. The van der Waals surface area contributed by atoms with Crippen molar-refractivity contribution < 1.29 is 0 Å². The van der Waals surface area contributed by atoms with Gasteiger partial charge in [0.2, 0.25) is 0 Å². The summed E-state index contributed by atoms with van der Waals surface area (Å²) in [6.07, 6.45) is 10.2. The molecule has 1 aliphatic rings. The first kappa shape index (κ1) is 14.0. The highest BCUT2D eigenvalue weighted by atomic mass is 32.1. The molecule has 2 nitrogen and oxygen atoms in total. The molecule has 0 spiro atoms. The van der Waals surface area contributed by atoms with Crippen molar-refractivity contribution in [1.82, 2.24) is 10.3 Å². The van der Waals surface area contributed by atoms with E-state index < -0.39 is 0 Å². The highest BCUT2D eigenvalue weighted by molar-refractivity contribution is 7.11. The minimum absolute atomic E-state index is 0.748. The van der Waals surface area contributed by atoms with Gasteiger partial charge in [0.1, 0.15) is 0 Å². The molecule has 0 saturated heterocycles. The molecule has 2 rings (SSSR count). The Bertz CT molecular complexity index is 340. The van der Waals surface area contributed by atoms with Crippen molar-refractivity contribution in [3.63, 3.8) is 0 Å². The number of thiazole rings is 1. The van der Waals surface area contributed by atoms with E-state index in [1.807, 2.05) is 11.3 Å². The van der Waals surface area contributed by atoms with Gasteiger partial charge in [-0.05, 0) is 44.6 Å². The van der Waals surface area contributed by atoms with E-state index in [1.54, 1.807) is 0 Å². The standard InChI is InChI=1S/C15H26N2S/c1-3-9-16-10-14-11-17-15(18-14)13-7-5-12(4-2)6-8-13/h11-13,16H,3-10H2,1-2H3. The van der Waals surface area contributed by atoms with Crippen LogP contribution >= 0.6 is 11.3 Å². The molecule has 102 valence electrons. The van der Waals surface area contributed by atoms with E-state index in [0.717, 1.165) is 24.9 Å². The molecule has 1 aromatic rings. The normalized spacial score (nSPS) is 24.3. The van der Waals surface area contributed by atoms with Gasteiger partial charge in [0.25, 0.3) is 0 Å². The van der Waals surface area contributed by atoms with Gasteiger partial charge in [0.15, 0.2) is 0 Å². The van der Waals surface area contributed by atoms with Gasteiger partial charge in [-0.1, -0.05) is 20.3 Å². The Morgan fingerprint density at radius 2 is 2.06 bits per heavy atom. The van der Waals surface area contributed by atoms with Crippen LogP contribution < -0.4 is 5.32 Å². The van der Waals surface area contributed by atoms with Crippen molar-refractivity contribution >= 4 is 11.3 Å². The van der Waals surface area contributed by atoms with Crippen LogP contribution in [0.2, 0.25) is 0 Å². The average molecular weight is 266 g/mol. The molecule has 1 aliphatic carbocycles. The maximum absolute atomic E-state index is 4.65. The van der Waals surface area contributed by atoms with Crippen LogP contribution in [0.1, 0.15) is 68.2 Å². The number of hydrogen-bond acceptors (Lipinski definition) is 3. The summed E-state index contributed by atoms with van der Waals surface area (Å²) in [6.45, 7) is 6.63. The Kier molecular flexibility index (Phi) is 5.64. The van der Waals surface area contributed by atoms with Crippen LogP contribution in [0.25, 0.3) is 0 Å². The first-order valence-electron chi connectivity index (χ1n) is 7.48. The zero-order chi connectivity index (χ0) is 12.8. The van der Waals surface area contributed by atoms with Crippen molar-refractivity contribution in [2.75, 3.05) is 6.54 Å². The van der Waals surface area contributed by atoms with Gasteiger partial charge in [0, 0.05) is 23.5 Å². The van der Waals surface area contributed by atoms with E-state index in [9.17, 15) is 0 Å². The van der Waals surface area contributed by atoms with E-state index in [-0.39, 0.29) is 0 Å². The van der Waals surface area contributed by atoms with E-state index in [1.165, 1.54) is 48.4 Å². The third kappa shape index (κ3) is 3.79.